The van der Waals surface area contributed by atoms with Gasteiger partial charge in [-0.1, -0.05) is 6.07 Å². The van der Waals surface area contributed by atoms with Crippen molar-refractivity contribution in [2.75, 3.05) is 40.9 Å². The first kappa shape index (κ1) is 20.8. The Hall–Kier alpha value is -1.46. The molecule has 1 aliphatic rings. The van der Waals surface area contributed by atoms with Gasteiger partial charge in [-0.3, -0.25) is 9.39 Å². The Bertz CT molecular complexity index is 725. The summed E-state index contributed by atoms with van der Waals surface area (Å²) in [5.74, 6) is 1.62. The van der Waals surface area contributed by atoms with Crippen LogP contribution in [0.1, 0.15) is 18.7 Å². The lowest BCUT2D eigenvalue weighted by atomic mass is 9.88. The molecule has 1 fully saturated rings. The van der Waals surface area contributed by atoms with E-state index >= 15 is 0 Å². The van der Waals surface area contributed by atoms with Gasteiger partial charge in [0, 0.05) is 38.5 Å². The number of guanidine groups is 1. The summed E-state index contributed by atoms with van der Waals surface area (Å²) in [4.78, 5) is 6.62. The molecule has 0 radical (unpaired) electrons. The number of pyridine rings is 1. The molecule has 0 atom stereocenters. The summed E-state index contributed by atoms with van der Waals surface area (Å²) < 4.78 is 7.50. The van der Waals surface area contributed by atoms with Crippen LogP contribution in [-0.4, -0.2) is 71.9 Å². The molecule has 0 spiro atoms. The monoisotopic (exact) mass is 473 g/mol. The summed E-state index contributed by atoms with van der Waals surface area (Å²) in [6, 6.07) is 5.87. The van der Waals surface area contributed by atoms with Gasteiger partial charge in [0.2, 0.25) is 0 Å². The van der Waals surface area contributed by atoms with Crippen LogP contribution in [0, 0.1) is 0 Å². The van der Waals surface area contributed by atoms with Gasteiger partial charge in [-0.25, -0.2) is 0 Å². The summed E-state index contributed by atoms with van der Waals surface area (Å²) in [6.45, 7) is 2.99. The van der Waals surface area contributed by atoms with E-state index in [1.54, 1.807) is 7.05 Å². The first-order valence-electron chi connectivity index (χ1n) is 8.63. The van der Waals surface area contributed by atoms with Crippen molar-refractivity contribution >= 4 is 35.6 Å². The summed E-state index contributed by atoms with van der Waals surface area (Å²) in [7, 11) is 6.04. The van der Waals surface area contributed by atoms with Gasteiger partial charge in [-0.2, -0.15) is 0 Å². The minimum absolute atomic E-state index is 0. The summed E-state index contributed by atoms with van der Waals surface area (Å²) in [5.41, 5.74) is 0.938. The summed E-state index contributed by atoms with van der Waals surface area (Å²) in [6.07, 6.45) is 3.99. The van der Waals surface area contributed by atoms with Crippen LogP contribution in [0.15, 0.2) is 29.4 Å². The van der Waals surface area contributed by atoms with E-state index in [4.69, 9.17) is 4.74 Å². The number of rotatable bonds is 5. The maximum atomic E-state index is 5.53. The number of fused-ring (bicyclic) bond motifs is 1. The number of nitrogens with zero attached hydrogens (tertiary/aromatic N) is 5. The molecule has 8 nitrogen and oxygen atoms in total. The Balaban J connectivity index is 0.00000243. The minimum atomic E-state index is 0. The summed E-state index contributed by atoms with van der Waals surface area (Å²) in [5, 5.41) is 15.2. The van der Waals surface area contributed by atoms with Crippen molar-refractivity contribution < 1.29 is 4.74 Å². The fourth-order valence-electron chi connectivity index (χ4n) is 3.18. The van der Waals surface area contributed by atoms with E-state index in [1.165, 1.54) is 0 Å². The number of nitrogens with one attached hydrogen (secondary N) is 2. The van der Waals surface area contributed by atoms with Crippen LogP contribution in [0.3, 0.4) is 0 Å². The van der Waals surface area contributed by atoms with Crippen LogP contribution in [-0.2, 0) is 11.3 Å². The van der Waals surface area contributed by atoms with Gasteiger partial charge in [0.25, 0.3) is 0 Å². The maximum absolute atomic E-state index is 5.53. The average Bonchev–Trinajstić information content (AvgIpc) is 3.06. The Morgan fingerprint density at radius 1 is 1.27 bits per heavy atom. The van der Waals surface area contributed by atoms with Gasteiger partial charge in [-0.15, -0.1) is 34.2 Å². The van der Waals surface area contributed by atoms with E-state index in [-0.39, 0.29) is 29.5 Å². The van der Waals surface area contributed by atoms with Crippen molar-refractivity contribution in [1.29, 1.82) is 0 Å². The molecule has 1 saturated heterocycles. The predicted octanol–water partition coefficient (Wildman–Crippen LogP) is 1.12. The lowest BCUT2D eigenvalue weighted by molar-refractivity contribution is -0.00501. The highest BCUT2D eigenvalue weighted by atomic mass is 127. The van der Waals surface area contributed by atoms with Gasteiger partial charge in [0.15, 0.2) is 17.4 Å². The van der Waals surface area contributed by atoms with Gasteiger partial charge in [-0.05, 0) is 39.1 Å². The Labute approximate surface area is 171 Å². The standard InChI is InChI=1S/C17H27N7O.HI/c1-18-16(20-13-17(23(2)3)7-10-25-11-8-17)19-12-15-22-21-14-6-4-5-9-24(14)15;/h4-6,9H,7-8,10-13H2,1-3H3,(H2,18,19,20);1H. The number of hydrogen-bond donors (Lipinski definition) is 2. The van der Waals surface area contributed by atoms with Crippen LogP contribution in [0.5, 0.6) is 0 Å². The number of aliphatic imine (C=N–C) groups is 1. The van der Waals surface area contributed by atoms with E-state index in [0.29, 0.717) is 6.54 Å². The smallest absolute Gasteiger partial charge is 0.191 e. The molecule has 144 valence electrons. The van der Waals surface area contributed by atoms with Crippen molar-refractivity contribution in [2.24, 2.45) is 4.99 Å². The normalized spacial score (nSPS) is 17.2. The van der Waals surface area contributed by atoms with Gasteiger partial charge in [0.05, 0.1) is 6.54 Å². The molecule has 1 aliphatic heterocycles. The fraction of sp³-hybridized carbons (Fsp3) is 0.588. The van der Waals surface area contributed by atoms with Crippen LogP contribution in [0.2, 0.25) is 0 Å². The number of ether oxygens (including phenoxy) is 1. The Kier molecular flexibility index (Phi) is 7.59. The topological polar surface area (TPSA) is 79.1 Å². The highest BCUT2D eigenvalue weighted by Gasteiger charge is 2.34. The molecule has 2 aromatic heterocycles. The van der Waals surface area contributed by atoms with Crippen molar-refractivity contribution in [3.8, 4) is 0 Å². The third-order valence-corrected chi connectivity index (χ3v) is 4.98. The number of hydrogen-bond acceptors (Lipinski definition) is 5. The number of likely N-dealkylation sites (N-methyl/N-ethyl adjacent to an activating group) is 1. The van der Waals surface area contributed by atoms with E-state index in [2.05, 4.69) is 44.8 Å². The molecule has 0 saturated carbocycles. The van der Waals surface area contributed by atoms with E-state index < -0.39 is 0 Å². The molecule has 3 rings (SSSR count). The first-order valence-corrected chi connectivity index (χ1v) is 8.63. The molecule has 0 aliphatic carbocycles. The fourth-order valence-corrected chi connectivity index (χ4v) is 3.18. The third-order valence-electron chi connectivity index (χ3n) is 4.98. The second kappa shape index (κ2) is 9.47. The molecule has 0 bridgehead atoms. The molecule has 3 heterocycles. The predicted molar refractivity (Wildman–Crippen MR) is 113 cm³/mol. The van der Waals surface area contributed by atoms with Crippen molar-refractivity contribution in [3.05, 3.63) is 30.2 Å². The van der Waals surface area contributed by atoms with Gasteiger partial charge in [0.1, 0.15) is 0 Å². The van der Waals surface area contributed by atoms with Crippen molar-refractivity contribution in [1.82, 2.24) is 30.1 Å². The zero-order chi connectivity index (χ0) is 17.7. The zero-order valence-electron chi connectivity index (χ0n) is 15.6. The van der Waals surface area contributed by atoms with E-state index in [1.807, 2.05) is 28.8 Å². The second-order valence-corrected chi connectivity index (χ2v) is 6.56. The highest BCUT2D eigenvalue weighted by molar-refractivity contribution is 14.0. The molecule has 9 heteroatoms. The first-order chi connectivity index (χ1) is 12.1. The highest BCUT2D eigenvalue weighted by Crippen LogP contribution is 2.24. The van der Waals surface area contributed by atoms with E-state index in [0.717, 1.165) is 50.0 Å². The molecule has 26 heavy (non-hydrogen) atoms. The van der Waals surface area contributed by atoms with Crippen LogP contribution >= 0.6 is 24.0 Å². The van der Waals surface area contributed by atoms with Crippen LogP contribution in [0.25, 0.3) is 5.65 Å². The van der Waals surface area contributed by atoms with Crippen LogP contribution < -0.4 is 10.6 Å². The maximum Gasteiger partial charge on any atom is 0.191 e. The molecule has 0 unspecified atom stereocenters. The van der Waals surface area contributed by atoms with E-state index in [9.17, 15) is 0 Å². The van der Waals surface area contributed by atoms with Crippen LogP contribution in [0.4, 0.5) is 0 Å². The SMILES string of the molecule is CN=C(NCc1nnc2ccccn12)NCC1(N(C)C)CCOCC1.I. The summed E-state index contributed by atoms with van der Waals surface area (Å²) >= 11 is 0. The number of aromatic nitrogens is 3. The zero-order valence-corrected chi connectivity index (χ0v) is 17.9. The second-order valence-electron chi connectivity index (χ2n) is 6.56. The Morgan fingerprint density at radius 3 is 2.73 bits per heavy atom. The lowest BCUT2D eigenvalue weighted by Crippen LogP contribution is -2.57. The third kappa shape index (κ3) is 4.63. The number of halogens is 1. The molecule has 0 aromatic carbocycles. The van der Waals surface area contributed by atoms with Gasteiger partial charge < -0.3 is 20.3 Å². The molecule has 2 aromatic rings. The Morgan fingerprint density at radius 2 is 2.04 bits per heavy atom. The van der Waals surface area contributed by atoms with Gasteiger partial charge >= 0.3 is 0 Å². The van der Waals surface area contributed by atoms with Crippen molar-refractivity contribution in [2.45, 2.75) is 24.9 Å². The molecule has 0 amide bonds. The lowest BCUT2D eigenvalue weighted by Gasteiger charge is -2.43. The quantitative estimate of drug-likeness (QED) is 0.385. The van der Waals surface area contributed by atoms with Crippen molar-refractivity contribution in [3.63, 3.8) is 0 Å². The average molecular weight is 473 g/mol. The molecule has 2 N–H and O–H groups in total. The molecular formula is C17H28IN7O. The molecular weight excluding hydrogens is 445 g/mol. The largest absolute Gasteiger partial charge is 0.381 e. The minimum Gasteiger partial charge on any atom is -0.381 e.